The summed E-state index contributed by atoms with van der Waals surface area (Å²) in [6.07, 6.45) is 4.59. The zero-order valence-electron chi connectivity index (χ0n) is 17.0. The van der Waals surface area contributed by atoms with Gasteiger partial charge < -0.3 is 5.32 Å². The third-order valence-corrected chi connectivity index (χ3v) is 7.10. The Balaban J connectivity index is 1.71. The SMILES string of the molecule is Cc1cccc(N(C(=O)Cc2cccs2)[C@@H](C(=O)NC2CCCC2)c2ccsc2)c1. The topological polar surface area (TPSA) is 49.4 Å². The largest absolute Gasteiger partial charge is 0.351 e. The van der Waals surface area contributed by atoms with Gasteiger partial charge >= 0.3 is 0 Å². The zero-order valence-corrected chi connectivity index (χ0v) is 18.7. The predicted octanol–water partition coefficient (Wildman–Crippen LogP) is 5.49. The molecule has 0 saturated heterocycles. The minimum atomic E-state index is -0.675. The van der Waals surface area contributed by atoms with Crippen LogP contribution in [0.15, 0.2) is 58.6 Å². The quantitative estimate of drug-likeness (QED) is 0.530. The summed E-state index contributed by atoms with van der Waals surface area (Å²) in [4.78, 5) is 29.8. The molecule has 1 N–H and O–H groups in total. The van der Waals surface area contributed by atoms with Crippen LogP contribution in [0, 0.1) is 6.92 Å². The first-order valence-electron chi connectivity index (χ1n) is 10.4. The van der Waals surface area contributed by atoms with Gasteiger partial charge in [-0.25, -0.2) is 0 Å². The highest BCUT2D eigenvalue weighted by atomic mass is 32.1. The number of benzene rings is 1. The molecule has 0 unspecified atom stereocenters. The van der Waals surface area contributed by atoms with Crippen LogP contribution >= 0.6 is 22.7 Å². The first-order chi connectivity index (χ1) is 14.6. The number of aryl methyl sites for hydroxylation is 1. The maximum Gasteiger partial charge on any atom is 0.248 e. The van der Waals surface area contributed by atoms with Gasteiger partial charge in [-0.15, -0.1) is 11.3 Å². The van der Waals surface area contributed by atoms with Gasteiger partial charge in [-0.05, 0) is 71.3 Å². The second-order valence-corrected chi connectivity index (χ2v) is 9.62. The lowest BCUT2D eigenvalue weighted by Gasteiger charge is -2.32. The van der Waals surface area contributed by atoms with Crippen LogP contribution in [0.1, 0.15) is 47.7 Å². The van der Waals surface area contributed by atoms with E-state index in [1.54, 1.807) is 27.6 Å². The van der Waals surface area contributed by atoms with Crippen molar-refractivity contribution < 1.29 is 9.59 Å². The van der Waals surface area contributed by atoms with E-state index in [0.29, 0.717) is 0 Å². The van der Waals surface area contributed by atoms with E-state index in [9.17, 15) is 9.59 Å². The van der Waals surface area contributed by atoms with Crippen LogP contribution in [0.5, 0.6) is 0 Å². The van der Waals surface area contributed by atoms with E-state index in [4.69, 9.17) is 0 Å². The van der Waals surface area contributed by atoms with Crippen LogP contribution in [0.2, 0.25) is 0 Å². The number of hydrogen-bond acceptors (Lipinski definition) is 4. The van der Waals surface area contributed by atoms with Crippen molar-refractivity contribution in [3.8, 4) is 0 Å². The number of thiophene rings is 2. The minimum Gasteiger partial charge on any atom is -0.351 e. The first-order valence-corrected chi connectivity index (χ1v) is 12.2. The molecule has 1 aliphatic carbocycles. The maximum absolute atomic E-state index is 13.6. The summed E-state index contributed by atoms with van der Waals surface area (Å²) in [6, 6.07) is 13.2. The number of nitrogens with one attached hydrogen (secondary N) is 1. The van der Waals surface area contributed by atoms with Crippen molar-refractivity contribution in [1.29, 1.82) is 0 Å². The molecule has 0 radical (unpaired) electrons. The summed E-state index contributed by atoms with van der Waals surface area (Å²) in [5.41, 5.74) is 2.67. The molecule has 4 nitrogen and oxygen atoms in total. The molecule has 1 aliphatic rings. The van der Waals surface area contributed by atoms with Crippen molar-refractivity contribution in [2.75, 3.05) is 4.90 Å². The molecular weight excluding hydrogens is 412 g/mol. The number of carbonyl (C=O) groups excluding carboxylic acids is 2. The summed E-state index contributed by atoms with van der Waals surface area (Å²) in [6.45, 7) is 2.00. The standard InChI is InChI=1S/C24H26N2O2S2/c1-17-6-4-9-20(14-17)26(22(27)15-21-10-5-12-30-21)23(18-11-13-29-16-18)24(28)25-19-7-2-3-8-19/h4-6,9-14,16,19,23H,2-3,7-8,15H2,1H3,(H,25,28)/t23-/m1/s1. The van der Waals surface area contributed by atoms with Crippen molar-refractivity contribution in [1.82, 2.24) is 5.32 Å². The number of carbonyl (C=O) groups is 2. The molecule has 2 aromatic heterocycles. The van der Waals surface area contributed by atoms with Gasteiger partial charge in [0.05, 0.1) is 6.42 Å². The molecule has 1 saturated carbocycles. The van der Waals surface area contributed by atoms with E-state index in [2.05, 4.69) is 5.32 Å². The summed E-state index contributed by atoms with van der Waals surface area (Å²) >= 11 is 3.11. The van der Waals surface area contributed by atoms with Gasteiger partial charge in [0.25, 0.3) is 0 Å². The fourth-order valence-corrected chi connectivity index (χ4v) is 5.44. The lowest BCUT2D eigenvalue weighted by Crippen LogP contribution is -2.46. The Labute approximate surface area is 185 Å². The molecule has 1 aromatic carbocycles. The molecule has 3 aromatic rings. The summed E-state index contributed by atoms with van der Waals surface area (Å²) < 4.78 is 0. The van der Waals surface area contributed by atoms with Crippen molar-refractivity contribution in [2.24, 2.45) is 0 Å². The van der Waals surface area contributed by atoms with Gasteiger partial charge in [-0.2, -0.15) is 11.3 Å². The highest BCUT2D eigenvalue weighted by Crippen LogP contribution is 2.31. The van der Waals surface area contributed by atoms with Gasteiger partial charge in [0.2, 0.25) is 11.8 Å². The summed E-state index contributed by atoms with van der Waals surface area (Å²) in [7, 11) is 0. The average molecular weight is 439 g/mol. The second-order valence-electron chi connectivity index (χ2n) is 7.81. The van der Waals surface area contributed by atoms with E-state index < -0.39 is 6.04 Å². The van der Waals surface area contributed by atoms with Gasteiger partial charge in [-0.3, -0.25) is 14.5 Å². The van der Waals surface area contributed by atoms with E-state index in [1.165, 1.54) is 0 Å². The normalized spacial score (nSPS) is 15.1. The fraction of sp³-hybridized carbons (Fsp3) is 0.333. The number of rotatable bonds is 7. The Hall–Kier alpha value is -2.44. The lowest BCUT2D eigenvalue weighted by molar-refractivity contribution is -0.126. The van der Waals surface area contributed by atoms with Crippen LogP contribution < -0.4 is 10.2 Å². The first kappa shape index (κ1) is 20.8. The van der Waals surface area contributed by atoms with Gasteiger partial charge in [0.1, 0.15) is 6.04 Å². The number of anilines is 1. The molecule has 4 rings (SSSR count). The molecule has 2 heterocycles. The molecule has 2 amide bonds. The molecular formula is C24H26N2O2S2. The smallest absolute Gasteiger partial charge is 0.248 e. The van der Waals surface area contributed by atoms with Gasteiger partial charge in [-0.1, -0.05) is 31.0 Å². The van der Waals surface area contributed by atoms with E-state index in [1.807, 2.05) is 65.5 Å². The van der Waals surface area contributed by atoms with Crippen LogP contribution in [-0.4, -0.2) is 17.9 Å². The van der Waals surface area contributed by atoms with E-state index >= 15 is 0 Å². The molecule has 156 valence electrons. The molecule has 0 spiro atoms. The number of hydrogen-bond donors (Lipinski definition) is 1. The van der Waals surface area contributed by atoms with Gasteiger partial charge in [0.15, 0.2) is 0 Å². The van der Waals surface area contributed by atoms with Crippen molar-refractivity contribution >= 4 is 40.2 Å². The van der Waals surface area contributed by atoms with Gasteiger partial charge in [0, 0.05) is 16.6 Å². The van der Waals surface area contributed by atoms with E-state index in [0.717, 1.165) is 47.4 Å². The van der Waals surface area contributed by atoms with Crippen LogP contribution in [0.3, 0.4) is 0 Å². The van der Waals surface area contributed by atoms with Crippen LogP contribution in [0.4, 0.5) is 5.69 Å². The summed E-state index contributed by atoms with van der Waals surface area (Å²) in [5, 5.41) is 9.13. The number of nitrogens with zero attached hydrogens (tertiary/aromatic N) is 1. The van der Waals surface area contributed by atoms with Crippen molar-refractivity contribution in [3.63, 3.8) is 0 Å². The highest BCUT2D eigenvalue weighted by Gasteiger charge is 2.34. The molecule has 1 fully saturated rings. The van der Waals surface area contributed by atoms with Crippen molar-refractivity contribution in [3.05, 3.63) is 74.6 Å². The maximum atomic E-state index is 13.6. The number of amides is 2. The molecule has 0 aliphatic heterocycles. The molecule has 0 bridgehead atoms. The highest BCUT2D eigenvalue weighted by molar-refractivity contribution is 7.10. The Morgan fingerprint density at radius 1 is 1.13 bits per heavy atom. The zero-order chi connectivity index (χ0) is 20.9. The minimum absolute atomic E-state index is 0.0687. The third kappa shape index (κ3) is 4.82. The van der Waals surface area contributed by atoms with Crippen molar-refractivity contribution in [2.45, 2.75) is 51.1 Å². The second kappa shape index (κ2) is 9.58. The molecule has 1 atom stereocenters. The Bertz CT molecular complexity index is 977. The van der Waals surface area contributed by atoms with Crippen LogP contribution in [0.25, 0.3) is 0 Å². The van der Waals surface area contributed by atoms with E-state index in [-0.39, 0.29) is 24.3 Å². The van der Waals surface area contributed by atoms with Crippen LogP contribution in [-0.2, 0) is 16.0 Å². The summed E-state index contributed by atoms with van der Waals surface area (Å²) in [5.74, 6) is -0.165. The molecule has 30 heavy (non-hydrogen) atoms. The Morgan fingerprint density at radius 2 is 1.97 bits per heavy atom. The molecule has 6 heteroatoms. The Kier molecular flexibility index (Phi) is 6.65. The third-order valence-electron chi connectivity index (χ3n) is 5.52. The monoisotopic (exact) mass is 438 g/mol. The predicted molar refractivity (Wildman–Crippen MR) is 124 cm³/mol. The Morgan fingerprint density at radius 3 is 2.63 bits per heavy atom. The fourth-order valence-electron chi connectivity index (χ4n) is 4.06. The lowest BCUT2D eigenvalue weighted by atomic mass is 10.0. The average Bonchev–Trinajstić information content (AvgIpc) is 3.49.